The average Bonchev–Trinajstić information content (AvgIpc) is 2.21. The summed E-state index contributed by atoms with van der Waals surface area (Å²) < 4.78 is 13.7. The van der Waals surface area contributed by atoms with Crippen molar-refractivity contribution in [3.8, 4) is 0 Å². The molecule has 1 rings (SSSR count). The summed E-state index contributed by atoms with van der Waals surface area (Å²) in [5.74, 6) is -0.187. The van der Waals surface area contributed by atoms with Crippen molar-refractivity contribution in [3.05, 3.63) is 29.6 Å². The number of rotatable bonds is 4. The Morgan fingerprint density at radius 1 is 1.33 bits per heavy atom. The van der Waals surface area contributed by atoms with Crippen LogP contribution in [-0.4, -0.2) is 13.1 Å². The van der Waals surface area contributed by atoms with Crippen LogP contribution in [0.2, 0.25) is 0 Å². The van der Waals surface area contributed by atoms with Crippen LogP contribution >= 0.6 is 0 Å². The van der Waals surface area contributed by atoms with E-state index in [-0.39, 0.29) is 11.9 Å². The maximum absolute atomic E-state index is 13.7. The van der Waals surface area contributed by atoms with E-state index < -0.39 is 0 Å². The van der Waals surface area contributed by atoms with Crippen molar-refractivity contribution >= 4 is 5.69 Å². The standard InChI is InChI=1S/C12H19FN2/c1-4-15(5-2)12-7-6-10(9(3)14)8-11(12)13/h6-9H,4-5,14H2,1-3H3/t9-/m1/s1. The molecular weight excluding hydrogens is 191 g/mol. The molecule has 0 aliphatic rings. The van der Waals surface area contributed by atoms with Crippen molar-refractivity contribution in [1.29, 1.82) is 0 Å². The first-order chi connectivity index (χ1) is 7.10. The van der Waals surface area contributed by atoms with Crippen molar-refractivity contribution in [2.75, 3.05) is 18.0 Å². The molecule has 0 heterocycles. The van der Waals surface area contributed by atoms with E-state index >= 15 is 0 Å². The van der Waals surface area contributed by atoms with Gasteiger partial charge in [-0.1, -0.05) is 6.07 Å². The molecule has 1 aromatic rings. The predicted octanol–water partition coefficient (Wildman–Crippen LogP) is 2.69. The van der Waals surface area contributed by atoms with Crippen LogP contribution in [0.15, 0.2) is 18.2 Å². The molecule has 0 fully saturated rings. The molecule has 1 aromatic carbocycles. The second kappa shape index (κ2) is 5.12. The molecule has 15 heavy (non-hydrogen) atoms. The largest absolute Gasteiger partial charge is 0.370 e. The van der Waals surface area contributed by atoms with E-state index in [1.165, 1.54) is 6.07 Å². The van der Waals surface area contributed by atoms with Gasteiger partial charge in [-0.25, -0.2) is 4.39 Å². The van der Waals surface area contributed by atoms with Crippen LogP contribution < -0.4 is 10.6 Å². The van der Waals surface area contributed by atoms with Crippen LogP contribution in [0, 0.1) is 5.82 Å². The van der Waals surface area contributed by atoms with Gasteiger partial charge >= 0.3 is 0 Å². The Hall–Kier alpha value is -1.09. The van der Waals surface area contributed by atoms with Gasteiger partial charge in [-0.3, -0.25) is 0 Å². The smallest absolute Gasteiger partial charge is 0.146 e. The van der Waals surface area contributed by atoms with Gasteiger partial charge in [-0.2, -0.15) is 0 Å². The van der Waals surface area contributed by atoms with Crippen LogP contribution in [0.3, 0.4) is 0 Å². The van der Waals surface area contributed by atoms with Gasteiger partial charge in [-0.05, 0) is 38.5 Å². The molecule has 3 heteroatoms. The molecule has 1 atom stereocenters. The first-order valence-electron chi connectivity index (χ1n) is 5.40. The number of nitrogens with zero attached hydrogens (tertiary/aromatic N) is 1. The fourth-order valence-electron chi connectivity index (χ4n) is 1.63. The Morgan fingerprint density at radius 2 is 1.93 bits per heavy atom. The predicted molar refractivity (Wildman–Crippen MR) is 62.6 cm³/mol. The summed E-state index contributed by atoms with van der Waals surface area (Å²) >= 11 is 0. The summed E-state index contributed by atoms with van der Waals surface area (Å²) in [5, 5.41) is 0. The van der Waals surface area contributed by atoms with Crippen molar-refractivity contribution < 1.29 is 4.39 Å². The molecule has 2 nitrogen and oxygen atoms in total. The molecule has 0 spiro atoms. The Bertz CT molecular complexity index is 319. The fourth-order valence-corrected chi connectivity index (χ4v) is 1.63. The highest BCUT2D eigenvalue weighted by molar-refractivity contribution is 5.49. The third-order valence-electron chi connectivity index (χ3n) is 2.60. The molecule has 0 amide bonds. The molecule has 0 saturated carbocycles. The molecule has 0 bridgehead atoms. The lowest BCUT2D eigenvalue weighted by molar-refractivity contribution is 0.615. The molecular formula is C12H19FN2. The zero-order valence-electron chi connectivity index (χ0n) is 9.63. The third kappa shape index (κ3) is 2.69. The molecule has 0 aliphatic carbocycles. The maximum Gasteiger partial charge on any atom is 0.146 e. The van der Waals surface area contributed by atoms with E-state index in [2.05, 4.69) is 0 Å². The minimum absolute atomic E-state index is 0.120. The zero-order valence-corrected chi connectivity index (χ0v) is 9.63. The van der Waals surface area contributed by atoms with E-state index in [4.69, 9.17) is 5.73 Å². The number of hydrogen-bond donors (Lipinski definition) is 1. The lowest BCUT2D eigenvalue weighted by atomic mass is 10.1. The van der Waals surface area contributed by atoms with Gasteiger partial charge in [0.2, 0.25) is 0 Å². The monoisotopic (exact) mass is 210 g/mol. The van der Waals surface area contributed by atoms with E-state index in [0.717, 1.165) is 18.7 Å². The van der Waals surface area contributed by atoms with Gasteiger partial charge < -0.3 is 10.6 Å². The lowest BCUT2D eigenvalue weighted by Gasteiger charge is -2.22. The van der Waals surface area contributed by atoms with Gasteiger partial charge in [0.05, 0.1) is 5.69 Å². The molecule has 84 valence electrons. The first kappa shape index (κ1) is 12.0. The zero-order chi connectivity index (χ0) is 11.4. The molecule has 0 unspecified atom stereocenters. The summed E-state index contributed by atoms with van der Waals surface area (Å²) in [7, 11) is 0. The van der Waals surface area contributed by atoms with Crippen LogP contribution in [0.5, 0.6) is 0 Å². The topological polar surface area (TPSA) is 29.3 Å². The molecule has 2 N–H and O–H groups in total. The highest BCUT2D eigenvalue weighted by Crippen LogP contribution is 2.22. The van der Waals surface area contributed by atoms with E-state index in [1.807, 2.05) is 31.7 Å². The summed E-state index contributed by atoms with van der Waals surface area (Å²) in [6.07, 6.45) is 0. The summed E-state index contributed by atoms with van der Waals surface area (Å²) in [4.78, 5) is 1.99. The van der Waals surface area contributed by atoms with Gasteiger partial charge in [0, 0.05) is 19.1 Å². The number of nitrogens with two attached hydrogens (primary N) is 1. The molecule has 0 radical (unpaired) electrons. The number of anilines is 1. The van der Waals surface area contributed by atoms with Gasteiger partial charge in [0.15, 0.2) is 0 Å². The second-order valence-corrected chi connectivity index (χ2v) is 3.67. The quantitative estimate of drug-likeness (QED) is 0.828. The average molecular weight is 210 g/mol. The number of benzene rings is 1. The van der Waals surface area contributed by atoms with E-state index in [9.17, 15) is 4.39 Å². The molecule has 0 aliphatic heterocycles. The Labute approximate surface area is 90.9 Å². The number of halogens is 1. The van der Waals surface area contributed by atoms with E-state index in [0.29, 0.717) is 5.69 Å². The van der Waals surface area contributed by atoms with E-state index in [1.54, 1.807) is 6.07 Å². The minimum Gasteiger partial charge on any atom is -0.370 e. The normalized spacial score (nSPS) is 12.6. The Kier molecular flexibility index (Phi) is 4.09. The van der Waals surface area contributed by atoms with Crippen molar-refractivity contribution in [2.45, 2.75) is 26.8 Å². The van der Waals surface area contributed by atoms with Crippen LogP contribution in [0.1, 0.15) is 32.4 Å². The summed E-state index contributed by atoms with van der Waals surface area (Å²) in [5.41, 5.74) is 7.19. The third-order valence-corrected chi connectivity index (χ3v) is 2.60. The summed E-state index contributed by atoms with van der Waals surface area (Å²) in [6.45, 7) is 7.51. The highest BCUT2D eigenvalue weighted by Gasteiger charge is 2.10. The Balaban J connectivity index is 3.02. The van der Waals surface area contributed by atoms with Gasteiger partial charge in [0.1, 0.15) is 5.82 Å². The Morgan fingerprint density at radius 3 is 2.33 bits per heavy atom. The molecule has 0 aromatic heterocycles. The van der Waals surface area contributed by atoms with Crippen LogP contribution in [0.4, 0.5) is 10.1 Å². The first-order valence-corrected chi connectivity index (χ1v) is 5.40. The van der Waals surface area contributed by atoms with Gasteiger partial charge in [0.25, 0.3) is 0 Å². The minimum atomic E-state index is -0.187. The lowest BCUT2D eigenvalue weighted by Crippen LogP contribution is -2.23. The highest BCUT2D eigenvalue weighted by atomic mass is 19.1. The van der Waals surface area contributed by atoms with Crippen LogP contribution in [-0.2, 0) is 0 Å². The van der Waals surface area contributed by atoms with Crippen LogP contribution in [0.25, 0.3) is 0 Å². The second-order valence-electron chi connectivity index (χ2n) is 3.67. The fraction of sp³-hybridized carbons (Fsp3) is 0.500. The van der Waals surface area contributed by atoms with Gasteiger partial charge in [-0.15, -0.1) is 0 Å². The van der Waals surface area contributed by atoms with Crippen molar-refractivity contribution in [1.82, 2.24) is 0 Å². The molecule has 0 saturated heterocycles. The summed E-state index contributed by atoms with van der Waals surface area (Å²) in [6, 6.07) is 5.10. The maximum atomic E-state index is 13.7. The SMILES string of the molecule is CCN(CC)c1ccc([C@@H](C)N)cc1F. The van der Waals surface area contributed by atoms with Crippen molar-refractivity contribution in [2.24, 2.45) is 5.73 Å². The van der Waals surface area contributed by atoms with Crippen molar-refractivity contribution in [3.63, 3.8) is 0 Å². The number of hydrogen-bond acceptors (Lipinski definition) is 2.